The molecule has 0 bridgehead atoms. The van der Waals surface area contributed by atoms with Gasteiger partial charge < -0.3 is 4.90 Å². The molecule has 1 rings (SSSR count). The molecule has 1 aromatic rings. The molecule has 2 nitrogen and oxygen atoms in total. The van der Waals surface area contributed by atoms with Crippen LogP contribution in [-0.4, -0.2) is 23.9 Å². The van der Waals surface area contributed by atoms with Crippen LogP contribution in [0.5, 0.6) is 0 Å². The molecule has 0 radical (unpaired) electrons. The second kappa shape index (κ2) is 7.28. The van der Waals surface area contributed by atoms with Crippen LogP contribution in [0.15, 0.2) is 16.7 Å². The molecule has 0 N–H and O–H groups in total. The minimum absolute atomic E-state index is 1.03. The second-order valence-electron chi connectivity index (χ2n) is 3.99. The van der Waals surface area contributed by atoms with E-state index in [0.717, 1.165) is 22.2 Å². The van der Waals surface area contributed by atoms with Crippen LogP contribution in [-0.2, 0) is 0 Å². The zero-order valence-corrected chi connectivity index (χ0v) is 13.0. The first-order chi connectivity index (χ1) is 7.65. The van der Waals surface area contributed by atoms with E-state index in [-0.39, 0.29) is 0 Å². The monoisotopic (exact) mass is 348 g/mol. The van der Waals surface area contributed by atoms with Crippen molar-refractivity contribution in [2.75, 3.05) is 23.8 Å². The maximum absolute atomic E-state index is 4.45. The summed E-state index contributed by atoms with van der Waals surface area (Å²) in [5.74, 6) is 1.03. The molecule has 90 valence electrons. The molecule has 0 amide bonds. The number of nitrogens with zero attached hydrogens (tertiary/aromatic N) is 2. The Balaban J connectivity index is 2.49. The average molecular weight is 350 g/mol. The first kappa shape index (κ1) is 14.0. The molecular formula is C12H18Br2N2. The summed E-state index contributed by atoms with van der Waals surface area (Å²) in [7, 11) is 2.09. The molecule has 16 heavy (non-hydrogen) atoms. The topological polar surface area (TPSA) is 16.1 Å². The van der Waals surface area contributed by atoms with Gasteiger partial charge in [0.05, 0.1) is 4.47 Å². The van der Waals surface area contributed by atoms with Gasteiger partial charge in [-0.25, -0.2) is 4.98 Å². The molecule has 0 aliphatic rings. The Kier molecular flexibility index (Phi) is 6.36. The SMILES string of the molecule is Cc1cnc(N(C)CCCCCBr)c(Br)c1. The largest absolute Gasteiger partial charge is 0.359 e. The van der Waals surface area contributed by atoms with Crippen molar-refractivity contribution in [1.82, 2.24) is 4.98 Å². The average Bonchev–Trinajstić information content (AvgIpc) is 2.24. The van der Waals surface area contributed by atoms with Crippen molar-refractivity contribution in [3.05, 3.63) is 22.3 Å². The van der Waals surface area contributed by atoms with Gasteiger partial charge in [-0.3, -0.25) is 0 Å². The molecule has 0 aromatic carbocycles. The molecule has 1 aromatic heterocycles. The lowest BCUT2D eigenvalue weighted by Crippen LogP contribution is -2.20. The van der Waals surface area contributed by atoms with Crippen LogP contribution in [0.2, 0.25) is 0 Å². The molecular weight excluding hydrogens is 332 g/mol. The summed E-state index contributed by atoms with van der Waals surface area (Å²) in [6.07, 6.45) is 5.63. The fourth-order valence-corrected chi connectivity index (χ4v) is 2.70. The lowest BCUT2D eigenvalue weighted by atomic mass is 10.2. The maximum Gasteiger partial charge on any atom is 0.142 e. The fraction of sp³-hybridized carbons (Fsp3) is 0.583. The third-order valence-electron chi connectivity index (χ3n) is 2.45. The molecule has 0 aliphatic heterocycles. The summed E-state index contributed by atoms with van der Waals surface area (Å²) in [5, 5.41) is 1.10. The van der Waals surface area contributed by atoms with Gasteiger partial charge in [-0.15, -0.1) is 0 Å². The smallest absolute Gasteiger partial charge is 0.142 e. The van der Waals surface area contributed by atoms with Gasteiger partial charge in [0, 0.05) is 25.1 Å². The van der Waals surface area contributed by atoms with Crippen LogP contribution >= 0.6 is 31.9 Å². The Morgan fingerprint density at radius 2 is 2.06 bits per heavy atom. The minimum Gasteiger partial charge on any atom is -0.359 e. The quantitative estimate of drug-likeness (QED) is 0.566. The molecule has 0 spiro atoms. The van der Waals surface area contributed by atoms with E-state index in [0.29, 0.717) is 0 Å². The summed E-state index contributed by atoms with van der Waals surface area (Å²) in [4.78, 5) is 6.65. The second-order valence-corrected chi connectivity index (χ2v) is 5.64. The molecule has 0 fully saturated rings. The Morgan fingerprint density at radius 3 is 2.69 bits per heavy atom. The normalized spacial score (nSPS) is 10.5. The van der Waals surface area contributed by atoms with Gasteiger partial charge in [0.25, 0.3) is 0 Å². The predicted octanol–water partition coefficient (Wildman–Crippen LogP) is 4.15. The molecule has 0 saturated carbocycles. The van der Waals surface area contributed by atoms with Gasteiger partial charge in [-0.2, -0.15) is 0 Å². The lowest BCUT2D eigenvalue weighted by molar-refractivity contribution is 0.706. The number of rotatable bonds is 6. The fourth-order valence-electron chi connectivity index (χ4n) is 1.53. The zero-order chi connectivity index (χ0) is 12.0. The third-order valence-corrected chi connectivity index (χ3v) is 3.59. The number of hydrogen-bond acceptors (Lipinski definition) is 2. The molecule has 0 saturated heterocycles. The molecule has 0 unspecified atom stereocenters. The van der Waals surface area contributed by atoms with Crippen LogP contribution in [0.4, 0.5) is 5.82 Å². The summed E-state index contributed by atoms with van der Waals surface area (Å²) in [6, 6.07) is 2.11. The highest BCUT2D eigenvalue weighted by Crippen LogP contribution is 2.23. The first-order valence-electron chi connectivity index (χ1n) is 5.54. The van der Waals surface area contributed by atoms with Gasteiger partial charge in [0.1, 0.15) is 5.82 Å². The van der Waals surface area contributed by atoms with Crippen LogP contribution in [0.1, 0.15) is 24.8 Å². The summed E-state index contributed by atoms with van der Waals surface area (Å²) in [6.45, 7) is 3.11. The van der Waals surface area contributed by atoms with Gasteiger partial charge in [-0.05, 0) is 47.3 Å². The van der Waals surface area contributed by atoms with Crippen molar-refractivity contribution >= 4 is 37.7 Å². The first-order valence-corrected chi connectivity index (χ1v) is 7.46. The summed E-state index contributed by atoms with van der Waals surface area (Å²) in [5.41, 5.74) is 1.18. The summed E-state index contributed by atoms with van der Waals surface area (Å²) < 4.78 is 1.08. The standard InChI is InChI=1S/C12H18Br2N2/c1-10-8-11(14)12(15-9-10)16(2)7-5-3-4-6-13/h8-9H,3-7H2,1-2H3. The van der Waals surface area contributed by atoms with Gasteiger partial charge in [0.15, 0.2) is 0 Å². The Bertz CT molecular complexity index is 329. The minimum atomic E-state index is 1.03. The number of halogens is 2. The summed E-state index contributed by atoms with van der Waals surface area (Å²) >= 11 is 7.01. The van der Waals surface area contributed by atoms with Crippen LogP contribution in [0.25, 0.3) is 0 Å². The number of unbranched alkanes of at least 4 members (excludes halogenated alkanes) is 2. The number of hydrogen-bond donors (Lipinski definition) is 0. The van der Waals surface area contributed by atoms with Gasteiger partial charge >= 0.3 is 0 Å². The van der Waals surface area contributed by atoms with Crippen LogP contribution < -0.4 is 4.90 Å². The number of aromatic nitrogens is 1. The molecule has 1 heterocycles. The van der Waals surface area contributed by atoms with E-state index in [4.69, 9.17) is 0 Å². The highest BCUT2D eigenvalue weighted by atomic mass is 79.9. The number of aryl methyl sites for hydroxylation is 1. The Morgan fingerprint density at radius 1 is 1.31 bits per heavy atom. The maximum atomic E-state index is 4.45. The van der Waals surface area contributed by atoms with E-state index >= 15 is 0 Å². The van der Waals surface area contributed by atoms with Crippen LogP contribution in [0, 0.1) is 6.92 Å². The lowest BCUT2D eigenvalue weighted by Gasteiger charge is -2.19. The van der Waals surface area contributed by atoms with Crippen LogP contribution in [0.3, 0.4) is 0 Å². The zero-order valence-electron chi connectivity index (χ0n) is 9.84. The van der Waals surface area contributed by atoms with Crippen molar-refractivity contribution in [3.8, 4) is 0 Å². The van der Waals surface area contributed by atoms with E-state index in [9.17, 15) is 0 Å². The van der Waals surface area contributed by atoms with Crippen molar-refractivity contribution in [3.63, 3.8) is 0 Å². The van der Waals surface area contributed by atoms with Crippen molar-refractivity contribution < 1.29 is 0 Å². The number of pyridine rings is 1. The van der Waals surface area contributed by atoms with Crippen molar-refractivity contribution in [2.24, 2.45) is 0 Å². The number of alkyl halides is 1. The highest BCUT2D eigenvalue weighted by molar-refractivity contribution is 9.10. The number of anilines is 1. The van der Waals surface area contributed by atoms with Crippen molar-refractivity contribution in [1.29, 1.82) is 0 Å². The predicted molar refractivity (Wildman–Crippen MR) is 77.6 cm³/mol. The third kappa shape index (κ3) is 4.42. The van der Waals surface area contributed by atoms with E-state index in [1.54, 1.807) is 0 Å². The van der Waals surface area contributed by atoms with E-state index < -0.39 is 0 Å². The van der Waals surface area contributed by atoms with E-state index in [1.165, 1.54) is 24.8 Å². The van der Waals surface area contributed by atoms with Gasteiger partial charge in [0.2, 0.25) is 0 Å². The Hall–Kier alpha value is -0.0900. The van der Waals surface area contributed by atoms with Gasteiger partial charge in [-0.1, -0.05) is 22.4 Å². The molecule has 0 atom stereocenters. The van der Waals surface area contributed by atoms with Crippen molar-refractivity contribution in [2.45, 2.75) is 26.2 Å². The Labute approximate surface area is 115 Å². The molecule has 0 aliphatic carbocycles. The molecule has 4 heteroatoms. The highest BCUT2D eigenvalue weighted by Gasteiger charge is 2.06. The van der Waals surface area contributed by atoms with E-state index in [2.05, 4.69) is 61.8 Å². The van der Waals surface area contributed by atoms with E-state index in [1.807, 2.05) is 6.20 Å².